The molecule has 3 aromatic rings. The van der Waals surface area contributed by atoms with E-state index < -0.39 is 0 Å². The summed E-state index contributed by atoms with van der Waals surface area (Å²) in [5.74, 6) is 0.372. The van der Waals surface area contributed by atoms with Crippen LogP contribution in [0.1, 0.15) is 47.3 Å². The topological polar surface area (TPSA) is 78.0 Å². The molecular formula is C20H21N3O2. The van der Waals surface area contributed by atoms with E-state index in [0.29, 0.717) is 6.42 Å². The van der Waals surface area contributed by atoms with Crippen molar-refractivity contribution in [2.45, 2.75) is 25.8 Å². The van der Waals surface area contributed by atoms with E-state index in [2.05, 4.69) is 15.5 Å². The number of Topliss-reactive ketones (excluding diaryl/α,β-unsaturated/α-hetero) is 1. The average Bonchev–Trinajstić information content (AvgIpc) is 3.15. The van der Waals surface area contributed by atoms with Crippen molar-refractivity contribution in [1.29, 1.82) is 0 Å². The highest BCUT2D eigenvalue weighted by Gasteiger charge is 2.18. The maximum absolute atomic E-state index is 12.0. The van der Waals surface area contributed by atoms with Crippen molar-refractivity contribution in [3.05, 3.63) is 77.6 Å². The molecule has 0 aliphatic carbocycles. The number of hydrogen-bond donors (Lipinski definition) is 3. The number of carbonyl (C=O) groups is 1. The summed E-state index contributed by atoms with van der Waals surface area (Å²) in [5, 5.41) is 20.4. The Morgan fingerprint density at radius 2 is 1.96 bits per heavy atom. The Kier molecular flexibility index (Phi) is 5.14. The molecule has 0 fully saturated rings. The summed E-state index contributed by atoms with van der Waals surface area (Å²) in [7, 11) is 0. The van der Waals surface area contributed by atoms with Gasteiger partial charge in [-0.1, -0.05) is 25.1 Å². The average molecular weight is 335 g/mol. The molecule has 0 saturated carbocycles. The summed E-state index contributed by atoms with van der Waals surface area (Å²) < 4.78 is 0. The van der Waals surface area contributed by atoms with Crippen molar-refractivity contribution in [3.8, 4) is 5.75 Å². The van der Waals surface area contributed by atoms with Crippen LogP contribution in [-0.4, -0.2) is 21.1 Å². The van der Waals surface area contributed by atoms with Crippen molar-refractivity contribution >= 4 is 11.5 Å². The van der Waals surface area contributed by atoms with Crippen LogP contribution in [0.5, 0.6) is 5.75 Å². The molecule has 0 saturated heterocycles. The number of aromatic nitrogens is 2. The second-order valence-corrected chi connectivity index (χ2v) is 5.92. The highest BCUT2D eigenvalue weighted by molar-refractivity contribution is 5.96. The highest BCUT2D eigenvalue weighted by Crippen LogP contribution is 2.31. The largest absolute Gasteiger partial charge is 0.508 e. The summed E-state index contributed by atoms with van der Waals surface area (Å²) in [6, 6.07) is 14.4. The van der Waals surface area contributed by atoms with Crippen molar-refractivity contribution < 1.29 is 9.90 Å². The van der Waals surface area contributed by atoms with Gasteiger partial charge in [0.05, 0.1) is 12.2 Å². The second kappa shape index (κ2) is 7.66. The molecule has 0 spiro atoms. The lowest BCUT2D eigenvalue weighted by Crippen LogP contribution is -2.12. The summed E-state index contributed by atoms with van der Waals surface area (Å²) in [4.78, 5) is 12.0. The van der Waals surface area contributed by atoms with Gasteiger partial charge in [0.2, 0.25) is 0 Å². The maximum atomic E-state index is 12.0. The minimum Gasteiger partial charge on any atom is -0.508 e. The number of H-pyrrole nitrogens is 1. The van der Waals surface area contributed by atoms with E-state index in [1.165, 1.54) is 0 Å². The maximum Gasteiger partial charge on any atom is 0.162 e. The van der Waals surface area contributed by atoms with Crippen molar-refractivity contribution in [1.82, 2.24) is 10.2 Å². The number of aromatic amines is 1. The molecule has 1 atom stereocenters. The number of para-hydroxylation sites is 1. The molecule has 1 aromatic heterocycles. The second-order valence-electron chi connectivity index (χ2n) is 5.92. The van der Waals surface area contributed by atoms with Crippen molar-refractivity contribution in [3.63, 3.8) is 0 Å². The molecule has 0 aliphatic rings. The van der Waals surface area contributed by atoms with Crippen molar-refractivity contribution in [2.24, 2.45) is 0 Å². The highest BCUT2D eigenvalue weighted by atomic mass is 16.3. The smallest absolute Gasteiger partial charge is 0.162 e. The first kappa shape index (κ1) is 16.8. The number of ketones is 1. The van der Waals surface area contributed by atoms with Gasteiger partial charge in [-0.15, -0.1) is 0 Å². The zero-order valence-corrected chi connectivity index (χ0v) is 14.1. The van der Waals surface area contributed by atoms with Gasteiger partial charge < -0.3 is 10.4 Å². The van der Waals surface area contributed by atoms with Gasteiger partial charge in [-0.25, -0.2) is 0 Å². The minimum atomic E-state index is -0.253. The van der Waals surface area contributed by atoms with E-state index in [1.807, 2.05) is 43.3 Å². The van der Waals surface area contributed by atoms with Gasteiger partial charge in [0.1, 0.15) is 5.75 Å². The van der Waals surface area contributed by atoms with Crippen LogP contribution in [-0.2, 0) is 0 Å². The van der Waals surface area contributed by atoms with Gasteiger partial charge >= 0.3 is 0 Å². The molecule has 1 unspecified atom stereocenters. The first-order valence-corrected chi connectivity index (χ1v) is 8.35. The molecule has 25 heavy (non-hydrogen) atoms. The third-order valence-corrected chi connectivity index (χ3v) is 4.10. The normalized spacial score (nSPS) is 11.9. The number of phenolic OH excluding ortho intramolecular Hbond substituents is 1. The van der Waals surface area contributed by atoms with E-state index in [-0.39, 0.29) is 17.6 Å². The van der Waals surface area contributed by atoms with E-state index in [1.54, 1.807) is 24.5 Å². The number of aromatic hydroxyl groups is 1. The Morgan fingerprint density at radius 3 is 2.60 bits per heavy atom. The number of anilines is 1. The van der Waals surface area contributed by atoms with Crippen LogP contribution in [0, 0.1) is 0 Å². The number of rotatable bonds is 7. The van der Waals surface area contributed by atoms with E-state index in [0.717, 1.165) is 28.8 Å². The molecule has 1 heterocycles. The standard InChI is InChI=1S/C20H21N3O2/c1-2-5-18(24)14-8-10-16(11-9-14)23-20(15-12-21-22-13-15)17-6-3-4-7-19(17)25/h3-4,6-13,20,23,25H,2,5H2,1H3,(H,21,22). The Bertz CT molecular complexity index is 826. The van der Waals surface area contributed by atoms with Gasteiger partial charge in [-0.2, -0.15) is 5.10 Å². The monoisotopic (exact) mass is 335 g/mol. The number of nitrogens with zero attached hydrogens (tertiary/aromatic N) is 1. The van der Waals surface area contributed by atoms with Crippen LogP contribution in [0.15, 0.2) is 60.9 Å². The lowest BCUT2D eigenvalue weighted by molar-refractivity contribution is 0.0982. The Hall–Kier alpha value is -3.08. The van der Waals surface area contributed by atoms with Crippen LogP contribution < -0.4 is 5.32 Å². The van der Waals surface area contributed by atoms with Gasteiger partial charge in [0, 0.05) is 35.0 Å². The predicted molar refractivity (Wildman–Crippen MR) is 97.8 cm³/mol. The first-order valence-electron chi connectivity index (χ1n) is 8.35. The SMILES string of the molecule is CCCC(=O)c1ccc(NC(c2cn[nH]c2)c2ccccc2O)cc1. The van der Waals surface area contributed by atoms with Crippen LogP contribution >= 0.6 is 0 Å². The number of nitrogens with one attached hydrogen (secondary N) is 2. The lowest BCUT2D eigenvalue weighted by atomic mass is 9.99. The number of benzene rings is 2. The van der Waals surface area contributed by atoms with Gasteiger partial charge in [-0.05, 0) is 36.8 Å². The number of hydrogen-bond acceptors (Lipinski definition) is 4. The van der Waals surface area contributed by atoms with Crippen LogP contribution in [0.2, 0.25) is 0 Å². The zero-order chi connectivity index (χ0) is 17.6. The summed E-state index contributed by atoms with van der Waals surface area (Å²) in [6.07, 6.45) is 4.92. The van der Waals surface area contributed by atoms with Crippen molar-refractivity contribution in [2.75, 3.05) is 5.32 Å². The Balaban J connectivity index is 1.86. The molecule has 0 radical (unpaired) electrons. The molecule has 3 N–H and O–H groups in total. The summed E-state index contributed by atoms with van der Waals surface area (Å²) >= 11 is 0. The zero-order valence-electron chi connectivity index (χ0n) is 14.1. The minimum absolute atomic E-state index is 0.154. The Morgan fingerprint density at radius 1 is 1.20 bits per heavy atom. The molecule has 0 amide bonds. The van der Waals surface area contributed by atoms with Crippen LogP contribution in [0.25, 0.3) is 0 Å². The van der Waals surface area contributed by atoms with Gasteiger partial charge in [-0.3, -0.25) is 9.89 Å². The molecule has 2 aromatic carbocycles. The predicted octanol–water partition coefficient (Wildman–Crippen LogP) is 4.30. The van der Waals surface area contributed by atoms with Crippen LogP contribution in [0.3, 0.4) is 0 Å². The van der Waals surface area contributed by atoms with Crippen LogP contribution in [0.4, 0.5) is 5.69 Å². The fourth-order valence-electron chi connectivity index (χ4n) is 2.78. The third kappa shape index (κ3) is 3.88. The summed E-state index contributed by atoms with van der Waals surface area (Å²) in [6.45, 7) is 2.00. The Labute approximate surface area is 146 Å². The van der Waals surface area contributed by atoms with Gasteiger partial charge in [0.15, 0.2) is 5.78 Å². The molecule has 128 valence electrons. The first-order chi connectivity index (χ1) is 12.2. The molecular weight excluding hydrogens is 314 g/mol. The molecule has 5 heteroatoms. The number of phenols is 1. The fourth-order valence-corrected chi connectivity index (χ4v) is 2.78. The fraction of sp³-hybridized carbons (Fsp3) is 0.200. The molecule has 0 bridgehead atoms. The summed E-state index contributed by atoms with van der Waals surface area (Å²) in [5.41, 5.74) is 3.25. The number of carbonyl (C=O) groups excluding carboxylic acids is 1. The van der Waals surface area contributed by atoms with E-state index >= 15 is 0 Å². The molecule has 5 nitrogen and oxygen atoms in total. The molecule has 3 rings (SSSR count). The van der Waals surface area contributed by atoms with E-state index in [9.17, 15) is 9.90 Å². The van der Waals surface area contributed by atoms with Gasteiger partial charge in [0.25, 0.3) is 0 Å². The molecule has 0 aliphatic heterocycles. The quantitative estimate of drug-likeness (QED) is 0.563. The third-order valence-electron chi connectivity index (χ3n) is 4.10. The lowest BCUT2D eigenvalue weighted by Gasteiger charge is -2.20. The van der Waals surface area contributed by atoms with E-state index in [4.69, 9.17) is 0 Å².